The third kappa shape index (κ3) is 4.55. The van der Waals surface area contributed by atoms with Gasteiger partial charge in [-0.3, -0.25) is 14.6 Å². The van der Waals surface area contributed by atoms with Crippen molar-refractivity contribution in [3.63, 3.8) is 0 Å². The summed E-state index contributed by atoms with van der Waals surface area (Å²) in [5, 5.41) is 0. The number of carbonyl (C=O) groups is 1. The molecule has 2 fully saturated rings. The molecule has 2 aliphatic rings. The highest BCUT2D eigenvalue weighted by Crippen LogP contribution is 2.23. The monoisotopic (exact) mass is 316 g/mol. The van der Waals surface area contributed by atoms with Crippen molar-refractivity contribution >= 4 is 6.29 Å². The molecule has 0 aromatic heterocycles. The second-order valence-electron chi connectivity index (χ2n) is 6.64. The van der Waals surface area contributed by atoms with Gasteiger partial charge in [0.1, 0.15) is 18.6 Å². The van der Waals surface area contributed by atoms with Gasteiger partial charge in [-0.05, 0) is 76.0 Å². The molecule has 2 aliphatic heterocycles. The topological polar surface area (TPSA) is 32.8 Å². The highest BCUT2D eigenvalue weighted by atomic mass is 16.5. The molecule has 1 unspecified atom stereocenters. The average molecular weight is 316 g/mol. The number of benzene rings is 1. The lowest BCUT2D eigenvalue weighted by Gasteiger charge is -2.44. The lowest BCUT2D eigenvalue weighted by atomic mass is 10.0. The zero-order chi connectivity index (χ0) is 15.9. The number of ether oxygens (including phenoxy) is 1. The van der Waals surface area contributed by atoms with Crippen molar-refractivity contribution in [3.8, 4) is 5.75 Å². The molecule has 2 heterocycles. The Bertz CT molecular complexity index is 483. The summed E-state index contributed by atoms with van der Waals surface area (Å²) in [6, 6.07) is 7.36. The zero-order valence-corrected chi connectivity index (χ0v) is 14.0. The van der Waals surface area contributed by atoms with Crippen molar-refractivity contribution in [1.82, 2.24) is 9.80 Å². The van der Waals surface area contributed by atoms with E-state index >= 15 is 0 Å². The highest BCUT2D eigenvalue weighted by molar-refractivity contribution is 5.74. The van der Waals surface area contributed by atoms with Gasteiger partial charge in [0.05, 0.1) is 6.17 Å². The summed E-state index contributed by atoms with van der Waals surface area (Å²) in [5.74, 6) is 0.849. The summed E-state index contributed by atoms with van der Waals surface area (Å²) >= 11 is 0. The fraction of sp³-hybridized carbons (Fsp3) is 0.632. The van der Waals surface area contributed by atoms with Crippen LogP contribution < -0.4 is 4.74 Å². The van der Waals surface area contributed by atoms with E-state index in [1.165, 1.54) is 58.2 Å². The molecular weight excluding hydrogens is 288 g/mol. The van der Waals surface area contributed by atoms with E-state index in [1.807, 2.05) is 12.1 Å². The molecule has 0 bridgehead atoms. The van der Waals surface area contributed by atoms with E-state index in [9.17, 15) is 4.79 Å². The number of aldehydes is 1. The molecule has 4 nitrogen and oxygen atoms in total. The van der Waals surface area contributed by atoms with Crippen molar-refractivity contribution in [2.24, 2.45) is 0 Å². The fourth-order valence-corrected chi connectivity index (χ4v) is 3.79. The zero-order valence-electron chi connectivity index (χ0n) is 14.0. The number of piperidine rings is 2. The van der Waals surface area contributed by atoms with Gasteiger partial charge in [0.2, 0.25) is 0 Å². The maximum Gasteiger partial charge on any atom is 0.150 e. The molecule has 0 aliphatic carbocycles. The van der Waals surface area contributed by atoms with Gasteiger partial charge in [-0.2, -0.15) is 0 Å². The molecule has 1 aromatic rings. The number of rotatable bonds is 6. The van der Waals surface area contributed by atoms with Crippen molar-refractivity contribution in [3.05, 3.63) is 29.8 Å². The summed E-state index contributed by atoms with van der Waals surface area (Å²) in [6.45, 7) is 5.40. The van der Waals surface area contributed by atoms with Crippen LogP contribution >= 0.6 is 0 Å². The molecule has 0 spiro atoms. The predicted octanol–water partition coefficient (Wildman–Crippen LogP) is 3.18. The largest absolute Gasteiger partial charge is 0.492 e. The molecule has 0 saturated carbocycles. The smallest absolute Gasteiger partial charge is 0.150 e. The maximum atomic E-state index is 10.7. The SMILES string of the molecule is O=Cc1ccc(OCCN2CCCCC2N2CCCCC2)cc1. The van der Waals surface area contributed by atoms with Crippen LogP contribution in [0.2, 0.25) is 0 Å². The average Bonchev–Trinajstić information content (AvgIpc) is 2.63. The first-order valence-electron chi connectivity index (χ1n) is 9.03. The quantitative estimate of drug-likeness (QED) is 0.755. The van der Waals surface area contributed by atoms with Gasteiger partial charge in [-0.1, -0.05) is 6.42 Å². The first-order valence-corrected chi connectivity index (χ1v) is 9.03. The van der Waals surface area contributed by atoms with Crippen molar-refractivity contribution in [2.75, 3.05) is 32.8 Å². The lowest BCUT2D eigenvalue weighted by Crippen LogP contribution is -2.53. The number of likely N-dealkylation sites (tertiary alicyclic amines) is 2. The molecule has 1 atom stereocenters. The van der Waals surface area contributed by atoms with Gasteiger partial charge in [0, 0.05) is 12.1 Å². The van der Waals surface area contributed by atoms with E-state index in [-0.39, 0.29) is 0 Å². The van der Waals surface area contributed by atoms with Crippen molar-refractivity contribution in [1.29, 1.82) is 0 Å². The minimum absolute atomic E-state index is 0.616. The Morgan fingerprint density at radius 1 is 1.00 bits per heavy atom. The van der Waals surface area contributed by atoms with E-state index in [2.05, 4.69) is 9.80 Å². The van der Waals surface area contributed by atoms with Crippen molar-refractivity contribution in [2.45, 2.75) is 44.7 Å². The lowest BCUT2D eigenvalue weighted by molar-refractivity contribution is -0.00337. The minimum atomic E-state index is 0.616. The Kier molecular flexibility index (Phi) is 6.06. The van der Waals surface area contributed by atoms with Crippen molar-refractivity contribution < 1.29 is 9.53 Å². The van der Waals surface area contributed by atoms with Gasteiger partial charge in [-0.25, -0.2) is 0 Å². The van der Waals surface area contributed by atoms with Crippen LogP contribution in [0.1, 0.15) is 48.9 Å². The molecule has 1 aromatic carbocycles. The third-order valence-electron chi connectivity index (χ3n) is 5.05. The van der Waals surface area contributed by atoms with Crippen LogP contribution in [0.15, 0.2) is 24.3 Å². The molecule has 4 heteroatoms. The number of hydrogen-bond donors (Lipinski definition) is 0. The van der Waals surface area contributed by atoms with Crippen LogP contribution in [0, 0.1) is 0 Å². The van der Waals surface area contributed by atoms with Gasteiger partial charge >= 0.3 is 0 Å². The van der Waals surface area contributed by atoms with E-state index in [0.29, 0.717) is 18.3 Å². The number of hydrogen-bond acceptors (Lipinski definition) is 4. The molecule has 0 radical (unpaired) electrons. The first-order chi connectivity index (χ1) is 11.4. The van der Waals surface area contributed by atoms with Gasteiger partial charge in [-0.15, -0.1) is 0 Å². The number of nitrogens with zero attached hydrogens (tertiary/aromatic N) is 2. The summed E-state index contributed by atoms with van der Waals surface area (Å²) in [5.41, 5.74) is 0.693. The van der Waals surface area contributed by atoms with E-state index < -0.39 is 0 Å². The van der Waals surface area contributed by atoms with E-state index in [1.54, 1.807) is 12.1 Å². The predicted molar refractivity (Wildman–Crippen MR) is 92.0 cm³/mol. The van der Waals surface area contributed by atoms with Crippen LogP contribution in [0.5, 0.6) is 5.75 Å². The molecule has 0 N–H and O–H groups in total. The molecule has 23 heavy (non-hydrogen) atoms. The Balaban J connectivity index is 1.49. The van der Waals surface area contributed by atoms with Gasteiger partial charge < -0.3 is 4.74 Å². The summed E-state index contributed by atoms with van der Waals surface area (Å²) in [6.07, 6.45) is 9.53. The first kappa shape index (κ1) is 16.5. The second kappa shape index (κ2) is 8.46. The highest BCUT2D eigenvalue weighted by Gasteiger charge is 2.28. The van der Waals surface area contributed by atoms with Gasteiger partial charge in [0.15, 0.2) is 0 Å². The fourth-order valence-electron chi connectivity index (χ4n) is 3.79. The Hall–Kier alpha value is -1.39. The van der Waals surface area contributed by atoms with Crippen LogP contribution in [-0.4, -0.2) is 55.0 Å². The molecule has 126 valence electrons. The Labute approximate surface area is 139 Å². The normalized spacial score (nSPS) is 23.6. The standard InChI is InChI=1S/C19H28N2O2/c22-16-17-7-9-18(10-8-17)23-15-14-21-13-5-2-6-19(21)20-11-3-1-4-12-20/h7-10,16,19H,1-6,11-15H2. The molecular formula is C19H28N2O2. The molecule has 3 rings (SSSR count). The van der Waals surface area contributed by atoms with Crippen LogP contribution in [0.25, 0.3) is 0 Å². The second-order valence-corrected chi connectivity index (χ2v) is 6.64. The summed E-state index contributed by atoms with van der Waals surface area (Å²) in [4.78, 5) is 16.0. The van der Waals surface area contributed by atoms with Crippen LogP contribution in [0.3, 0.4) is 0 Å². The van der Waals surface area contributed by atoms with E-state index in [0.717, 1.165) is 18.6 Å². The molecule has 2 saturated heterocycles. The Morgan fingerprint density at radius 2 is 1.74 bits per heavy atom. The van der Waals surface area contributed by atoms with Crippen LogP contribution in [-0.2, 0) is 0 Å². The third-order valence-corrected chi connectivity index (χ3v) is 5.05. The minimum Gasteiger partial charge on any atom is -0.492 e. The number of carbonyl (C=O) groups excluding carboxylic acids is 1. The van der Waals surface area contributed by atoms with Gasteiger partial charge in [0.25, 0.3) is 0 Å². The van der Waals surface area contributed by atoms with E-state index in [4.69, 9.17) is 4.74 Å². The summed E-state index contributed by atoms with van der Waals surface area (Å²) in [7, 11) is 0. The Morgan fingerprint density at radius 3 is 2.48 bits per heavy atom. The summed E-state index contributed by atoms with van der Waals surface area (Å²) < 4.78 is 5.87. The molecule has 0 amide bonds. The maximum absolute atomic E-state index is 10.7. The van der Waals surface area contributed by atoms with Crippen LogP contribution in [0.4, 0.5) is 0 Å².